The van der Waals surface area contributed by atoms with Crippen LogP contribution in [-0.4, -0.2) is 27.1 Å². The van der Waals surface area contributed by atoms with Crippen molar-refractivity contribution in [3.8, 4) is 0 Å². The third-order valence-electron chi connectivity index (χ3n) is 4.62. The van der Waals surface area contributed by atoms with Gasteiger partial charge in [-0.05, 0) is 31.5 Å². The molecule has 0 radical (unpaired) electrons. The number of nitrogens with zero attached hydrogens (tertiary/aromatic N) is 2. The SMILES string of the molecule is Cc1ccc(NC(=O)[C@@H](C)OC(=O)Cn2c(=O)ccn(Cc3ccccc3)c2=O)cc1. The van der Waals surface area contributed by atoms with E-state index in [9.17, 15) is 19.2 Å². The van der Waals surface area contributed by atoms with E-state index in [-0.39, 0.29) is 6.54 Å². The van der Waals surface area contributed by atoms with Crippen LogP contribution in [0, 0.1) is 6.92 Å². The van der Waals surface area contributed by atoms with Crippen LogP contribution in [0.15, 0.2) is 76.4 Å². The van der Waals surface area contributed by atoms with Crippen LogP contribution in [0.5, 0.6) is 0 Å². The average molecular weight is 421 g/mol. The van der Waals surface area contributed by atoms with Gasteiger partial charge in [-0.25, -0.2) is 9.36 Å². The molecule has 0 saturated carbocycles. The van der Waals surface area contributed by atoms with E-state index >= 15 is 0 Å². The maximum absolute atomic E-state index is 12.7. The monoisotopic (exact) mass is 421 g/mol. The van der Waals surface area contributed by atoms with Gasteiger partial charge in [0.25, 0.3) is 11.5 Å². The minimum Gasteiger partial charge on any atom is -0.451 e. The molecule has 31 heavy (non-hydrogen) atoms. The Balaban J connectivity index is 1.66. The highest BCUT2D eigenvalue weighted by molar-refractivity contribution is 5.95. The van der Waals surface area contributed by atoms with Crippen molar-refractivity contribution >= 4 is 17.6 Å². The second-order valence-corrected chi connectivity index (χ2v) is 7.12. The van der Waals surface area contributed by atoms with Crippen molar-refractivity contribution in [1.29, 1.82) is 0 Å². The van der Waals surface area contributed by atoms with Gasteiger partial charge in [0.1, 0.15) is 6.54 Å². The summed E-state index contributed by atoms with van der Waals surface area (Å²) in [5.41, 5.74) is 1.23. The summed E-state index contributed by atoms with van der Waals surface area (Å²) in [5.74, 6) is -1.37. The van der Waals surface area contributed by atoms with Crippen LogP contribution < -0.4 is 16.6 Å². The molecule has 1 aromatic heterocycles. The molecule has 1 atom stereocenters. The zero-order valence-corrected chi connectivity index (χ0v) is 17.3. The molecule has 8 nitrogen and oxygen atoms in total. The number of carbonyl (C=O) groups excluding carboxylic acids is 2. The molecule has 0 aliphatic heterocycles. The Bertz CT molecular complexity index is 1180. The smallest absolute Gasteiger partial charge is 0.331 e. The largest absolute Gasteiger partial charge is 0.451 e. The Labute approximate surface area is 178 Å². The number of carbonyl (C=O) groups is 2. The summed E-state index contributed by atoms with van der Waals surface area (Å²) in [6.45, 7) is 3.01. The minimum absolute atomic E-state index is 0.254. The summed E-state index contributed by atoms with van der Waals surface area (Å²) in [6, 6.07) is 17.6. The quantitative estimate of drug-likeness (QED) is 0.588. The summed E-state index contributed by atoms with van der Waals surface area (Å²) in [5, 5.41) is 2.65. The summed E-state index contributed by atoms with van der Waals surface area (Å²) >= 11 is 0. The van der Waals surface area contributed by atoms with Crippen molar-refractivity contribution in [1.82, 2.24) is 9.13 Å². The fraction of sp³-hybridized carbons (Fsp3) is 0.217. The first kappa shape index (κ1) is 21.8. The number of esters is 1. The van der Waals surface area contributed by atoms with Crippen LogP contribution in [0.3, 0.4) is 0 Å². The number of anilines is 1. The van der Waals surface area contributed by atoms with Crippen molar-refractivity contribution in [2.24, 2.45) is 0 Å². The molecule has 8 heteroatoms. The van der Waals surface area contributed by atoms with Gasteiger partial charge in [0, 0.05) is 18.0 Å². The van der Waals surface area contributed by atoms with E-state index in [4.69, 9.17) is 4.74 Å². The van der Waals surface area contributed by atoms with Crippen LogP contribution >= 0.6 is 0 Å². The van der Waals surface area contributed by atoms with Crippen molar-refractivity contribution in [3.05, 3.63) is 98.8 Å². The molecule has 0 aliphatic carbocycles. The first-order valence-electron chi connectivity index (χ1n) is 9.74. The van der Waals surface area contributed by atoms with Crippen LogP contribution in [0.1, 0.15) is 18.1 Å². The zero-order chi connectivity index (χ0) is 22.4. The average Bonchev–Trinajstić information content (AvgIpc) is 2.75. The lowest BCUT2D eigenvalue weighted by Crippen LogP contribution is -2.42. The molecule has 1 heterocycles. The maximum Gasteiger partial charge on any atom is 0.331 e. The number of aryl methyl sites for hydroxylation is 1. The number of ether oxygens (including phenoxy) is 1. The van der Waals surface area contributed by atoms with Gasteiger partial charge in [-0.1, -0.05) is 48.0 Å². The normalized spacial score (nSPS) is 11.5. The van der Waals surface area contributed by atoms with Crippen LogP contribution in [0.25, 0.3) is 0 Å². The van der Waals surface area contributed by atoms with E-state index in [0.29, 0.717) is 5.69 Å². The molecule has 1 amide bonds. The molecular formula is C23H23N3O5. The van der Waals surface area contributed by atoms with Gasteiger partial charge < -0.3 is 10.1 Å². The molecule has 160 valence electrons. The molecule has 1 N–H and O–H groups in total. The number of nitrogens with one attached hydrogen (secondary N) is 1. The molecule has 0 fully saturated rings. The van der Waals surface area contributed by atoms with Crippen molar-refractivity contribution in [3.63, 3.8) is 0 Å². The molecular weight excluding hydrogens is 398 g/mol. The van der Waals surface area contributed by atoms with Gasteiger partial charge in [0.2, 0.25) is 0 Å². The van der Waals surface area contributed by atoms with Crippen molar-refractivity contribution in [2.45, 2.75) is 33.0 Å². The van der Waals surface area contributed by atoms with E-state index in [1.165, 1.54) is 23.8 Å². The molecule has 2 aromatic carbocycles. The molecule has 0 saturated heterocycles. The van der Waals surface area contributed by atoms with Crippen LogP contribution in [0.2, 0.25) is 0 Å². The Morgan fingerprint density at radius 3 is 2.35 bits per heavy atom. The number of hydrogen-bond donors (Lipinski definition) is 1. The number of aromatic nitrogens is 2. The number of rotatable bonds is 7. The summed E-state index contributed by atoms with van der Waals surface area (Å²) in [4.78, 5) is 49.3. The van der Waals surface area contributed by atoms with Gasteiger partial charge in [0.05, 0.1) is 6.54 Å². The van der Waals surface area contributed by atoms with E-state index in [1.807, 2.05) is 49.4 Å². The van der Waals surface area contributed by atoms with Crippen LogP contribution in [0.4, 0.5) is 5.69 Å². The molecule has 3 rings (SSSR count). The van der Waals surface area contributed by atoms with Gasteiger partial charge in [-0.15, -0.1) is 0 Å². The van der Waals surface area contributed by atoms with Gasteiger partial charge in [0.15, 0.2) is 6.10 Å². The van der Waals surface area contributed by atoms with E-state index < -0.39 is 35.8 Å². The van der Waals surface area contributed by atoms with E-state index in [2.05, 4.69) is 5.32 Å². The van der Waals surface area contributed by atoms with Crippen LogP contribution in [-0.2, 0) is 27.4 Å². The maximum atomic E-state index is 12.7. The third kappa shape index (κ3) is 5.79. The number of benzene rings is 2. The molecule has 0 spiro atoms. The van der Waals surface area contributed by atoms with E-state index in [1.54, 1.807) is 12.1 Å². The molecule has 0 aliphatic rings. The third-order valence-corrected chi connectivity index (χ3v) is 4.62. The lowest BCUT2D eigenvalue weighted by atomic mass is 10.2. The first-order valence-corrected chi connectivity index (χ1v) is 9.74. The molecule has 0 bridgehead atoms. The number of hydrogen-bond acceptors (Lipinski definition) is 5. The second kappa shape index (κ2) is 9.71. The second-order valence-electron chi connectivity index (χ2n) is 7.12. The minimum atomic E-state index is -1.10. The number of amides is 1. The van der Waals surface area contributed by atoms with Gasteiger partial charge in [-0.2, -0.15) is 0 Å². The predicted molar refractivity (Wildman–Crippen MR) is 116 cm³/mol. The van der Waals surface area contributed by atoms with Gasteiger partial charge in [-0.3, -0.25) is 19.0 Å². The van der Waals surface area contributed by atoms with Crippen molar-refractivity contribution in [2.75, 3.05) is 5.32 Å². The highest BCUT2D eigenvalue weighted by atomic mass is 16.5. The Morgan fingerprint density at radius 2 is 1.68 bits per heavy atom. The summed E-state index contributed by atoms with van der Waals surface area (Å²) in [6.07, 6.45) is 0.289. The first-order chi connectivity index (χ1) is 14.8. The fourth-order valence-corrected chi connectivity index (χ4v) is 2.90. The lowest BCUT2D eigenvalue weighted by Gasteiger charge is -2.14. The van der Waals surface area contributed by atoms with Gasteiger partial charge >= 0.3 is 11.7 Å². The fourth-order valence-electron chi connectivity index (χ4n) is 2.90. The predicted octanol–water partition coefficient (Wildman–Crippen LogP) is 1.94. The zero-order valence-electron chi connectivity index (χ0n) is 17.3. The summed E-state index contributed by atoms with van der Waals surface area (Å²) in [7, 11) is 0. The standard InChI is InChI=1S/C23H23N3O5/c1-16-8-10-19(11-9-16)24-22(29)17(2)31-21(28)15-26-20(27)12-13-25(23(26)30)14-18-6-4-3-5-7-18/h3-13,17H,14-15H2,1-2H3,(H,24,29)/t17-/m1/s1. The molecule has 0 unspecified atom stereocenters. The summed E-state index contributed by atoms with van der Waals surface area (Å²) < 4.78 is 7.24. The van der Waals surface area contributed by atoms with Crippen molar-refractivity contribution < 1.29 is 14.3 Å². The Kier molecular flexibility index (Phi) is 6.81. The molecule has 3 aromatic rings. The Hall–Kier alpha value is -3.94. The topological polar surface area (TPSA) is 99.4 Å². The van der Waals surface area contributed by atoms with E-state index in [0.717, 1.165) is 15.7 Å². The highest BCUT2D eigenvalue weighted by Crippen LogP contribution is 2.09. The lowest BCUT2D eigenvalue weighted by molar-refractivity contribution is -0.153. The highest BCUT2D eigenvalue weighted by Gasteiger charge is 2.19. The Morgan fingerprint density at radius 1 is 1.00 bits per heavy atom.